The average Bonchev–Trinajstić information content (AvgIpc) is 3.31. The summed E-state index contributed by atoms with van der Waals surface area (Å²) in [6.07, 6.45) is 1.74. The molecule has 2 N–H and O–H groups in total. The number of nitriles is 1. The third kappa shape index (κ3) is 5.31. The van der Waals surface area contributed by atoms with E-state index in [1.54, 1.807) is 18.2 Å². The molecule has 4 aromatic rings. The fraction of sp³-hybridized carbons (Fsp3) is 0.273. The van der Waals surface area contributed by atoms with E-state index in [4.69, 9.17) is 29.1 Å². The second kappa shape index (κ2) is 11.7. The Morgan fingerprint density at radius 1 is 1.02 bits per heavy atom. The van der Waals surface area contributed by atoms with Crippen molar-refractivity contribution < 1.29 is 28.2 Å². The van der Waals surface area contributed by atoms with Crippen LogP contribution in [0.1, 0.15) is 65.9 Å². The van der Waals surface area contributed by atoms with E-state index in [0.717, 1.165) is 34.9 Å². The fourth-order valence-corrected chi connectivity index (χ4v) is 4.98. The first kappa shape index (κ1) is 27.7. The van der Waals surface area contributed by atoms with Crippen LogP contribution in [-0.4, -0.2) is 19.2 Å². The number of nitrogens with two attached hydrogens (primary N) is 1. The topological polar surface area (TPSA) is 117 Å². The van der Waals surface area contributed by atoms with Gasteiger partial charge in [0.05, 0.1) is 19.1 Å². The summed E-state index contributed by atoms with van der Waals surface area (Å²) in [7, 11) is 0. The van der Waals surface area contributed by atoms with Crippen molar-refractivity contribution in [3.8, 4) is 29.1 Å². The lowest BCUT2D eigenvalue weighted by Gasteiger charge is -2.27. The normalized spacial score (nSPS) is 14.3. The standard InChI is InChI=1S/C33H32N2O6/c1-5-14-38-27-13-9-21(16-29(27)37-7-3)30-23-11-10-22(17-28(23)41-32(35)25(30)18-34)39-33(36)31-19(4)24-15-20(6-2)8-12-26(24)40-31/h8-13,15-17,30H,5-7,14,35H2,1-4H3. The van der Waals surface area contributed by atoms with Gasteiger partial charge in [0, 0.05) is 22.6 Å². The van der Waals surface area contributed by atoms with E-state index < -0.39 is 11.9 Å². The molecule has 0 saturated carbocycles. The lowest BCUT2D eigenvalue weighted by Crippen LogP contribution is -2.21. The van der Waals surface area contributed by atoms with Crippen LogP contribution >= 0.6 is 0 Å². The van der Waals surface area contributed by atoms with Gasteiger partial charge in [0.25, 0.3) is 0 Å². The predicted molar refractivity (Wildman–Crippen MR) is 154 cm³/mol. The van der Waals surface area contributed by atoms with E-state index in [1.165, 1.54) is 0 Å². The number of esters is 1. The molecule has 1 atom stereocenters. The Hall–Kier alpha value is -4.90. The van der Waals surface area contributed by atoms with Crippen LogP contribution in [0.4, 0.5) is 0 Å². The van der Waals surface area contributed by atoms with Gasteiger partial charge in [-0.15, -0.1) is 0 Å². The van der Waals surface area contributed by atoms with Gasteiger partial charge in [-0.05, 0) is 68.1 Å². The molecule has 1 aliphatic heterocycles. The number of allylic oxidation sites excluding steroid dienone is 1. The third-order valence-corrected chi connectivity index (χ3v) is 7.06. The predicted octanol–water partition coefficient (Wildman–Crippen LogP) is 6.93. The Morgan fingerprint density at radius 3 is 2.59 bits per heavy atom. The lowest BCUT2D eigenvalue weighted by atomic mass is 9.83. The molecule has 0 amide bonds. The van der Waals surface area contributed by atoms with Gasteiger partial charge < -0.3 is 29.1 Å². The fourth-order valence-electron chi connectivity index (χ4n) is 4.98. The van der Waals surface area contributed by atoms with Crippen molar-refractivity contribution in [3.63, 3.8) is 0 Å². The van der Waals surface area contributed by atoms with Crippen molar-refractivity contribution in [2.75, 3.05) is 13.2 Å². The number of hydrogen-bond donors (Lipinski definition) is 1. The zero-order valence-corrected chi connectivity index (χ0v) is 23.6. The van der Waals surface area contributed by atoms with Gasteiger partial charge >= 0.3 is 5.97 Å². The number of furan rings is 1. The SMILES string of the molecule is CCCOc1ccc(C2C(C#N)=C(N)Oc3cc(OC(=O)c4oc5ccc(CC)cc5c4C)ccc32)cc1OCC. The minimum atomic E-state index is -0.616. The van der Waals surface area contributed by atoms with Crippen LogP contribution in [0.25, 0.3) is 11.0 Å². The first-order valence-electron chi connectivity index (χ1n) is 13.7. The largest absolute Gasteiger partial charge is 0.490 e. The first-order chi connectivity index (χ1) is 19.9. The number of hydrogen-bond acceptors (Lipinski definition) is 8. The second-order valence-electron chi connectivity index (χ2n) is 9.74. The molecule has 2 heterocycles. The minimum absolute atomic E-state index is 0.0161. The average molecular weight is 553 g/mol. The van der Waals surface area contributed by atoms with Crippen LogP contribution in [0.15, 0.2) is 70.5 Å². The molecule has 1 aromatic heterocycles. The summed E-state index contributed by atoms with van der Waals surface area (Å²) in [5.74, 6) is 0.854. The Labute approximate surface area is 238 Å². The van der Waals surface area contributed by atoms with E-state index in [2.05, 4.69) is 13.0 Å². The molecular weight excluding hydrogens is 520 g/mol. The number of nitrogens with zero attached hydrogens (tertiary/aromatic N) is 1. The van der Waals surface area contributed by atoms with Gasteiger partial charge in [-0.3, -0.25) is 0 Å². The van der Waals surface area contributed by atoms with Crippen LogP contribution < -0.4 is 24.7 Å². The van der Waals surface area contributed by atoms with Crippen molar-refractivity contribution in [2.45, 2.75) is 46.5 Å². The van der Waals surface area contributed by atoms with E-state index in [-0.39, 0.29) is 23.0 Å². The second-order valence-corrected chi connectivity index (χ2v) is 9.74. The highest BCUT2D eigenvalue weighted by molar-refractivity contribution is 5.97. The van der Waals surface area contributed by atoms with E-state index >= 15 is 0 Å². The van der Waals surface area contributed by atoms with Gasteiger partial charge in [-0.1, -0.05) is 32.0 Å². The summed E-state index contributed by atoms with van der Waals surface area (Å²) < 4.78 is 29.1. The zero-order valence-electron chi connectivity index (χ0n) is 23.6. The van der Waals surface area contributed by atoms with Gasteiger partial charge in [0.15, 0.2) is 11.5 Å². The summed E-state index contributed by atoms with van der Waals surface area (Å²) in [5.41, 5.74) is 10.5. The van der Waals surface area contributed by atoms with Crippen molar-refractivity contribution in [3.05, 3.63) is 94.1 Å². The summed E-state index contributed by atoms with van der Waals surface area (Å²) >= 11 is 0. The molecule has 8 heteroatoms. The number of carbonyl (C=O) groups excluding carboxylic acids is 1. The summed E-state index contributed by atoms with van der Waals surface area (Å²) in [6.45, 7) is 8.86. The summed E-state index contributed by atoms with van der Waals surface area (Å²) in [6, 6.07) is 18.7. The maximum atomic E-state index is 13.1. The number of carbonyl (C=O) groups is 1. The quantitative estimate of drug-likeness (QED) is 0.175. The third-order valence-electron chi connectivity index (χ3n) is 7.06. The maximum Gasteiger partial charge on any atom is 0.379 e. The number of benzene rings is 3. The molecule has 210 valence electrons. The molecule has 0 bridgehead atoms. The summed E-state index contributed by atoms with van der Waals surface area (Å²) in [5, 5.41) is 10.9. The molecule has 5 rings (SSSR count). The van der Waals surface area contributed by atoms with E-state index in [9.17, 15) is 10.1 Å². The molecule has 0 saturated heterocycles. The van der Waals surface area contributed by atoms with Crippen LogP contribution in [0.2, 0.25) is 0 Å². The number of fused-ring (bicyclic) bond motifs is 2. The Bertz CT molecular complexity index is 1690. The zero-order chi connectivity index (χ0) is 29.1. The van der Waals surface area contributed by atoms with E-state index in [0.29, 0.717) is 41.6 Å². The Morgan fingerprint density at radius 2 is 1.85 bits per heavy atom. The maximum absolute atomic E-state index is 13.1. The van der Waals surface area contributed by atoms with Crippen LogP contribution in [0.5, 0.6) is 23.0 Å². The molecule has 1 unspecified atom stereocenters. The van der Waals surface area contributed by atoms with Crippen LogP contribution in [0, 0.1) is 18.3 Å². The molecule has 0 spiro atoms. The number of aryl methyl sites for hydroxylation is 2. The highest BCUT2D eigenvalue weighted by atomic mass is 16.5. The summed E-state index contributed by atoms with van der Waals surface area (Å²) in [4.78, 5) is 13.1. The molecule has 41 heavy (non-hydrogen) atoms. The van der Waals surface area contributed by atoms with Gasteiger partial charge in [0.1, 0.15) is 28.7 Å². The highest BCUT2D eigenvalue weighted by Gasteiger charge is 2.32. The Kier molecular flexibility index (Phi) is 7.88. The smallest absolute Gasteiger partial charge is 0.379 e. The molecule has 3 aromatic carbocycles. The van der Waals surface area contributed by atoms with Crippen molar-refractivity contribution in [2.24, 2.45) is 5.73 Å². The number of ether oxygens (including phenoxy) is 4. The monoisotopic (exact) mass is 552 g/mol. The minimum Gasteiger partial charge on any atom is -0.490 e. The van der Waals surface area contributed by atoms with E-state index in [1.807, 2.05) is 57.2 Å². The molecule has 1 aliphatic rings. The first-order valence-corrected chi connectivity index (χ1v) is 13.7. The van der Waals surface area contributed by atoms with Gasteiger partial charge in [-0.2, -0.15) is 5.26 Å². The van der Waals surface area contributed by atoms with Crippen molar-refractivity contribution >= 4 is 16.9 Å². The Balaban J connectivity index is 1.47. The van der Waals surface area contributed by atoms with Crippen LogP contribution in [-0.2, 0) is 6.42 Å². The molecule has 0 fully saturated rings. The lowest BCUT2D eigenvalue weighted by molar-refractivity contribution is 0.0702. The number of rotatable bonds is 9. The molecule has 8 nitrogen and oxygen atoms in total. The molecule has 0 radical (unpaired) electrons. The van der Waals surface area contributed by atoms with Crippen LogP contribution in [0.3, 0.4) is 0 Å². The van der Waals surface area contributed by atoms with Crippen molar-refractivity contribution in [1.29, 1.82) is 5.26 Å². The van der Waals surface area contributed by atoms with Gasteiger partial charge in [-0.25, -0.2) is 4.79 Å². The highest BCUT2D eigenvalue weighted by Crippen LogP contribution is 2.45. The van der Waals surface area contributed by atoms with Crippen molar-refractivity contribution in [1.82, 2.24) is 0 Å². The molecular formula is C33H32N2O6. The van der Waals surface area contributed by atoms with Gasteiger partial charge in [0.2, 0.25) is 11.6 Å². The molecule has 0 aliphatic carbocycles.